The van der Waals surface area contributed by atoms with Crippen LogP contribution in [0, 0.1) is 11.3 Å². The van der Waals surface area contributed by atoms with Gasteiger partial charge in [-0.15, -0.1) is 0 Å². The number of carbonyl (C=O) groups is 1. The summed E-state index contributed by atoms with van der Waals surface area (Å²) in [5.41, 5.74) is -1.04. The molecule has 0 bridgehead atoms. The maximum absolute atomic E-state index is 12.9. The Balaban J connectivity index is 2.29. The molecule has 6 heteroatoms. The summed E-state index contributed by atoms with van der Waals surface area (Å²) in [5, 5.41) is 11.2. The van der Waals surface area contributed by atoms with Crippen molar-refractivity contribution in [3.8, 4) is 6.07 Å². The molecule has 1 N–H and O–H groups in total. The normalized spacial score (nSPS) is 11.7. The van der Waals surface area contributed by atoms with E-state index in [1.807, 2.05) is 0 Å². The summed E-state index contributed by atoms with van der Waals surface area (Å²) < 4.78 is 38.7. The van der Waals surface area contributed by atoms with Crippen molar-refractivity contribution < 1.29 is 18.0 Å². The Labute approximate surface area is 130 Å². The minimum atomic E-state index is -4.60. The monoisotopic (exact) mass is 316 g/mol. The molecule has 2 aromatic carbocycles. The first kappa shape index (κ1) is 16.3. The van der Waals surface area contributed by atoms with Crippen LogP contribution in [0.15, 0.2) is 60.2 Å². The molecule has 0 heterocycles. The van der Waals surface area contributed by atoms with Crippen molar-refractivity contribution in [2.45, 2.75) is 6.18 Å². The lowest BCUT2D eigenvalue weighted by molar-refractivity contribution is -0.136. The van der Waals surface area contributed by atoms with Gasteiger partial charge in [-0.1, -0.05) is 42.5 Å². The van der Waals surface area contributed by atoms with Gasteiger partial charge in [0.2, 0.25) is 0 Å². The van der Waals surface area contributed by atoms with Crippen LogP contribution in [-0.4, -0.2) is 5.91 Å². The van der Waals surface area contributed by atoms with Gasteiger partial charge in [0.05, 0.1) is 11.3 Å². The molecule has 3 nitrogen and oxygen atoms in total. The van der Waals surface area contributed by atoms with Crippen molar-refractivity contribution >= 4 is 17.7 Å². The van der Waals surface area contributed by atoms with Crippen molar-refractivity contribution in [3.05, 3.63) is 71.3 Å². The summed E-state index contributed by atoms with van der Waals surface area (Å²) in [6.07, 6.45) is -3.29. The lowest BCUT2D eigenvalue weighted by Gasteiger charge is -2.13. The first-order chi connectivity index (χ1) is 10.9. The van der Waals surface area contributed by atoms with Crippen LogP contribution in [0.2, 0.25) is 0 Å². The fourth-order valence-corrected chi connectivity index (χ4v) is 1.89. The molecule has 23 heavy (non-hydrogen) atoms. The molecule has 0 radical (unpaired) electrons. The SMILES string of the molecule is N#C/C(=C/c1ccccc1)C(=O)Nc1ccccc1C(F)(F)F. The molecule has 0 aliphatic carbocycles. The van der Waals surface area contributed by atoms with E-state index in [0.29, 0.717) is 5.56 Å². The molecular weight excluding hydrogens is 305 g/mol. The van der Waals surface area contributed by atoms with Gasteiger partial charge < -0.3 is 5.32 Å². The van der Waals surface area contributed by atoms with Gasteiger partial charge in [-0.3, -0.25) is 4.79 Å². The Bertz CT molecular complexity index is 774. The van der Waals surface area contributed by atoms with Crippen molar-refractivity contribution in [2.24, 2.45) is 0 Å². The molecule has 0 saturated heterocycles. The molecule has 0 aromatic heterocycles. The van der Waals surface area contributed by atoms with Gasteiger partial charge in [-0.05, 0) is 23.8 Å². The van der Waals surface area contributed by atoms with Crippen LogP contribution in [0.1, 0.15) is 11.1 Å². The zero-order valence-electron chi connectivity index (χ0n) is 11.8. The quantitative estimate of drug-likeness (QED) is 0.680. The fourth-order valence-electron chi connectivity index (χ4n) is 1.89. The maximum atomic E-state index is 12.9. The molecule has 0 spiro atoms. The van der Waals surface area contributed by atoms with Crippen LogP contribution in [-0.2, 0) is 11.0 Å². The summed E-state index contributed by atoms with van der Waals surface area (Å²) in [5.74, 6) is -0.895. The molecule has 2 aromatic rings. The molecule has 0 unspecified atom stereocenters. The van der Waals surface area contributed by atoms with Crippen LogP contribution in [0.5, 0.6) is 0 Å². The van der Waals surface area contributed by atoms with Gasteiger partial charge in [0, 0.05) is 0 Å². The van der Waals surface area contributed by atoms with Crippen molar-refractivity contribution in [1.82, 2.24) is 0 Å². The molecule has 0 atom stereocenters. The van der Waals surface area contributed by atoms with E-state index in [1.165, 1.54) is 18.2 Å². The number of halogens is 3. The van der Waals surface area contributed by atoms with Crippen LogP contribution < -0.4 is 5.32 Å². The largest absolute Gasteiger partial charge is 0.418 e. The highest BCUT2D eigenvalue weighted by Gasteiger charge is 2.33. The number of benzene rings is 2. The van der Waals surface area contributed by atoms with Gasteiger partial charge in [-0.25, -0.2) is 0 Å². The first-order valence-electron chi connectivity index (χ1n) is 6.56. The van der Waals surface area contributed by atoms with Crippen LogP contribution >= 0.6 is 0 Å². The minimum Gasteiger partial charge on any atom is -0.321 e. The second-order valence-corrected chi connectivity index (χ2v) is 4.58. The summed E-state index contributed by atoms with van der Waals surface area (Å²) in [4.78, 5) is 12.1. The van der Waals surface area contributed by atoms with Crippen LogP contribution in [0.4, 0.5) is 18.9 Å². The molecule has 0 aliphatic rings. The average Bonchev–Trinajstić information content (AvgIpc) is 2.53. The number of para-hydroxylation sites is 1. The number of hydrogen-bond donors (Lipinski definition) is 1. The van der Waals surface area contributed by atoms with Gasteiger partial charge >= 0.3 is 6.18 Å². The Hall–Kier alpha value is -3.07. The van der Waals surface area contributed by atoms with Gasteiger partial charge in [0.1, 0.15) is 11.6 Å². The highest BCUT2D eigenvalue weighted by Crippen LogP contribution is 2.34. The molecule has 116 valence electrons. The standard InChI is InChI=1S/C17H11F3N2O/c18-17(19,20)14-8-4-5-9-15(14)22-16(23)13(11-21)10-12-6-2-1-3-7-12/h1-10H,(H,22,23)/b13-10-. The average molecular weight is 316 g/mol. The second-order valence-electron chi connectivity index (χ2n) is 4.58. The number of amides is 1. The lowest BCUT2D eigenvalue weighted by Crippen LogP contribution is -2.17. The third-order valence-corrected chi connectivity index (χ3v) is 2.96. The van der Waals surface area contributed by atoms with E-state index in [0.717, 1.165) is 12.1 Å². The number of rotatable bonds is 3. The predicted molar refractivity (Wildman–Crippen MR) is 80.1 cm³/mol. The van der Waals surface area contributed by atoms with E-state index in [2.05, 4.69) is 5.32 Å². The highest BCUT2D eigenvalue weighted by molar-refractivity contribution is 6.10. The van der Waals surface area contributed by atoms with E-state index in [-0.39, 0.29) is 11.3 Å². The van der Waals surface area contributed by atoms with E-state index >= 15 is 0 Å². The Kier molecular flexibility index (Phi) is 4.82. The van der Waals surface area contributed by atoms with Crippen LogP contribution in [0.3, 0.4) is 0 Å². The molecule has 0 fully saturated rings. The molecule has 2 rings (SSSR count). The Morgan fingerprint density at radius 3 is 2.26 bits per heavy atom. The smallest absolute Gasteiger partial charge is 0.321 e. The molecule has 0 saturated carbocycles. The number of carbonyl (C=O) groups excluding carboxylic acids is 1. The third kappa shape index (κ3) is 4.20. The minimum absolute atomic E-state index is 0.284. The number of nitrogens with one attached hydrogen (secondary N) is 1. The number of anilines is 1. The molecule has 1 amide bonds. The number of hydrogen-bond acceptors (Lipinski definition) is 2. The zero-order chi connectivity index (χ0) is 16.9. The topological polar surface area (TPSA) is 52.9 Å². The Morgan fingerprint density at radius 1 is 1.04 bits per heavy atom. The summed E-state index contributed by atoms with van der Waals surface area (Å²) in [6.45, 7) is 0. The van der Waals surface area contributed by atoms with Gasteiger partial charge in [0.25, 0.3) is 5.91 Å². The van der Waals surface area contributed by atoms with E-state index in [4.69, 9.17) is 5.26 Å². The van der Waals surface area contributed by atoms with Gasteiger partial charge in [-0.2, -0.15) is 18.4 Å². The van der Waals surface area contributed by atoms with Crippen molar-refractivity contribution in [1.29, 1.82) is 5.26 Å². The molecular formula is C17H11F3N2O. The van der Waals surface area contributed by atoms with Crippen molar-refractivity contribution in [2.75, 3.05) is 5.32 Å². The third-order valence-electron chi connectivity index (χ3n) is 2.96. The highest BCUT2D eigenvalue weighted by atomic mass is 19.4. The second kappa shape index (κ2) is 6.79. The van der Waals surface area contributed by atoms with Gasteiger partial charge in [0.15, 0.2) is 0 Å². The summed E-state index contributed by atoms with van der Waals surface area (Å²) >= 11 is 0. The summed E-state index contributed by atoms with van der Waals surface area (Å²) in [6, 6.07) is 14.9. The van der Waals surface area contributed by atoms with E-state index in [9.17, 15) is 18.0 Å². The fraction of sp³-hybridized carbons (Fsp3) is 0.0588. The van der Waals surface area contributed by atoms with E-state index in [1.54, 1.807) is 36.4 Å². The first-order valence-corrected chi connectivity index (χ1v) is 6.56. The summed E-state index contributed by atoms with van der Waals surface area (Å²) in [7, 11) is 0. The Morgan fingerprint density at radius 2 is 1.65 bits per heavy atom. The van der Waals surface area contributed by atoms with Crippen LogP contribution in [0.25, 0.3) is 6.08 Å². The number of nitriles is 1. The molecule has 0 aliphatic heterocycles. The number of alkyl halides is 3. The predicted octanol–water partition coefficient (Wildman–Crippen LogP) is 4.25. The zero-order valence-corrected chi connectivity index (χ0v) is 11.8. The number of nitrogens with zero attached hydrogens (tertiary/aromatic N) is 1. The maximum Gasteiger partial charge on any atom is 0.418 e. The lowest BCUT2D eigenvalue weighted by atomic mass is 10.1. The van der Waals surface area contributed by atoms with Crippen molar-refractivity contribution in [3.63, 3.8) is 0 Å². The van der Waals surface area contributed by atoms with E-state index < -0.39 is 17.6 Å².